The predicted octanol–water partition coefficient (Wildman–Crippen LogP) is 0.954. The molecule has 3 N–H and O–H groups in total. The van der Waals surface area contributed by atoms with Crippen molar-refractivity contribution in [2.75, 3.05) is 0 Å². The summed E-state index contributed by atoms with van der Waals surface area (Å²) in [6, 6.07) is 0. The van der Waals surface area contributed by atoms with E-state index < -0.39 is 0 Å². The monoisotopic (exact) mass is 352 g/mol. The largest absolute Gasteiger partial charge is 0.512 e. The first-order valence-electron chi connectivity index (χ1n) is 2.44. The Labute approximate surface area is 78.3 Å². The van der Waals surface area contributed by atoms with Crippen molar-refractivity contribution < 1.29 is 41.7 Å². The Morgan fingerprint density at radius 1 is 1.44 bits per heavy atom. The third-order valence-electron chi connectivity index (χ3n) is 0.992. The average molecular weight is 352 g/mol. The van der Waals surface area contributed by atoms with E-state index in [2.05, 4.69) is 0 Å². The fourth-order valence-electron chi connectivity index (χ4n) is 0.590. The van der Waals surface area contributed by atoms with Crippen molar-refractivity contribution in [1.82, 2.24) is 0 Å². The van der Waals surface area contributed by atoms with Gasteiger partial charge in [0, 0.05) is 37.5 Å². The first-order chi connectivity index (χ1) is 3.39. The Hall–Kier alpha value is 0.292. The van der Waals surface area contributed by atoms with Gasteiger partial charge in [-0.05, 0) is 12.5 Å². The molecule has 0 aromatic heterocycles. The van der Waals surface area contributed by atoms with Crippen LogP contribution in [0.4, 0.5) is 0 Å². The number of allylic oxidation sites excluding steroid dienone is 4. The van der Waals surface area contributed by atoms with Gasteiger partial charge in [0.2, 0.25) is 0 Å². The van der Waals surface area contributed by atoms with Crippen LogP contribution in [0.2, 0.25) is 0 Å². The Morgan fingerprint density at radius 2 is 2.11 bits per heavy atom. The Balaban J connectivity index is 0. The molecule has 1 rings (SSSR count). The molecule has 0 saturated carbocycles. The van der Waals surface area contributed by atoms with E-state index in [-0.39, 0.29) is 36.6 Å². The molecular formula is C6H10O2U. The zero-order chi connectivity index (χ0) is 5.11. The van der Waals surface area contributed by atoms with Crippen molar-refractivity contribution >= 4 is 0 Å². The van der Waals surface area contributed by atoms with Gasteiger partial charge in [0.05, 0.1) is 5.76 Å². The van der Waals surface area contributed by atoms with Gasteiger partial charge in [0.1, 0.15) is 0 Å². The second-order valence-electron chi connectivity index (χ2n) is 1.62. The number of aliphatic hydroxyl groups excluding tert-OH is 1. The van der Waals surface area contributed by atoms with Gasteiger partial charge in [-0.25, -0.2) is 0 Å². The molecule has 0 aromatic carbocycles. The number of hydrogen-bond donors (Lipinski definition) is 1. The molecule has 0 aliphatic heterocycles. The van der Waals surface area contributed by atoms with Gasteiger partial charge in [0.25, 0.3) is 0 Å². The molecule has 50 valence electrons. The van der Waals surface area contributed by atoms with Crippen molar-refractivity contribution in [2.45, 2.75) is 12.8 Å². The summed E-state index contributed by atoms with van der Waals surface area (Å²) < 4.78 is 0. The van der Waals surface area contributed by atoms with Gasteiger partial charge in [-0.1, -0.05) is 12.2 Å². The van der Waals surface area contributed by atoms with E-state index in [1.165, 1.54) is 0 Å². The molecule has 0 aromatic rings. The van der Waals surface area contributed by atoms with Crippen molar-refractivity contribution in [3.8, 4) is 0 Å². The van der Waals surface area contributed by atoms with Gasteiger partial charge < -0.3 is 10.6 Å². The fraction of sp³-hybridized carbons (Fsp3) is 0.333. The topological polar surface area (TPSA) is 51.7 Å². The van der Waals surface area contributed by atoms with Crippen LogP contribution in [0, 0.1) is 31.1 Å². The van der Waals surface area contributed by atoms with Crippen LogP contribution >= 0.6 is 0 Å². The summed E-state index contributed by atoms with van der Waals surface area (Å²) in [6.45, 7) is 0. The predicted molar refractivity (Wildman–Crippen MR) is 32.7 cm³/mol. The van der Waals surface area contributed by atoms with Gasteiger partial charge >= 0.3 is 0 Å². The van der Waals surface area contributed by atoms with E-state index in [0.717, 1.165) is 12.8 Å². The first kappa shape index (κ1) is 12.0. The van der Waals surface area contributed by atoms with Crippen LogP contribution in [0.3, 0.4) is 0 Å². The molecule has 0 bridgehead atoms. The summed E-state index contributed by atoms with van der Waals surface area (Å²) >= 11 is 0. The number of rotatable bonds is 0. The average Bonchev–Trinajstić information content (AvgIpc) is 1.69. The van der Waals surface area contributed by atoms with E-state index in [1.807, 2.05) is 12.2 Å². The van der Waals surface area contributed by atoms with E-state index in [4.69, 9.17) is 5.11 Å². The zero-order valence-electron chi connectivity index (χ0n) is 5.09. The molecule has 0 fully saturated rings. The second kappa shape index (κ2) is 6.41. The smallest absolute Gasteiger partial charge is 0.0925 e. The van der Waals surface area contributed by atoms with Crippen molar-refractivity contribution in [1.29, 1.82) is 0 Å². The summed E-state index contributed by atoms with van der Waals surface area (Å²) in [6.07, 6.45) is 7.45. The zero-order valence-corrected chi connectivity index (χ0v) is 9.26. The molecule has 2 nitrogen and oxygen atoms in total. The van der Waals surface area contributed by atoms with Crippen LogP contribution in [0.15, 0.2) is 24.0 Å². The SMILES string of the molecule is O.OC1=CC=CCC1.[U]. The van der Waals surface area contributed by atoms with E-state index >= 15 is 0 Å². The normalized spacial score (nSPS) is 14.9. The first-order valence-corrected chi connectivity index (χ1v) is 2.44. The molecule has 0 amide bonds. The summed E-state index contributed by atoms with van der Waals surface area (Å²) in [5.41, 5.74) is 0. The van der Waals surface area contributed by atoms with E-state index in [1.54, 1.807) is 6.08 Å². The maximum atomic E-state index is 8.72. The van der Waals surface area contributed by atoms with Gasteiger partial charge in [-0.2, -0.15) is 0 Å². The summed E-state index contributed by atoms with van der Waals surface area (Å²) in [4.78, 5) is 0. The van der Waals surface area contributed by atoms with Crippen molar-refractivity contribution in [3.63, 3.8) is 0 Å². The molecule has 1 aliphatic carbocycles. The molecule has 3 heteroatoms. The molecular weight excluding hydrogens is 342 g/mol. The van der Waals surface area contributed by atoms with Crippen molar-refractivity contribution in [2.24, 2.45) is 0 Å². The van der Waals surface area contributed by atoms with Gasteiger partial charge in [-0.3, -0.25) is 0 Å². The van der Waals surface area contributed by atoms with Crippen LogP contribution in [-0.2, 0) is 0 Å². The van der Waals surface area contributed by atoms with Crippen LogP contribution in [0.25, 0.3) is 0 Å². The molecule has 0 saturated heterocycles. The van der Waals surface area contributed by atoms with Gasteiger partial charge in [-0.15, -0.1) is 0 Å². The third kappa shape index (κ3) is 4.77. The molecule has 1 aliphatic rings. The van der Waals surface area contributed by atoms with Crippen molar-refractivity contribution in [3.05, 3.63) is 24.0 Å². The Morgan fingerprint density at radius 3 is 2.33 bits per heavy atom. The Kier molecular flexibility index (Phi) is 8.56. The van der Waals surface area contributed by atoms with Crippen LogP contribution in [-0.4, -0.2) is 10.6 Å². The summed E-state index contributed by atoms with van der Waals surface area (Å²) in [5.74, 6) is 0.502. The summed E-state index contributed by atoms with van der Waals surface area (Å²) in [5, 5.41) is 8.72. The fourth-order valence-corrected chi connectivity index (χ4v) is 0.590. The minimum atomic E-state index is 0. The van der Waals surface area contributed by atoms with E-state index in [0.29, 0.717) is 5.76 Å². The maximum Gasteiger partial charge on any atom is 0.0925 e. The molecule has 9 heavy (non-hydrogen) atoms. The van der Waals surface area contributed by atoms with Crippen LogP contribution < -0.4 is 0 Å². The second-order valence-corrected chi connectivity index (χ2v) is 1.62. The van der Waals surface area contributed by atoms with Gasteiger partial charge in [0.15, 0.2) is 0 Å². The standard InChI is InChI=1S/C6H8O.H2O.U/c7-6-4-2-1-3-5-6;;/h1-2,4,7H,3,5H2;1H2;. The molecule has 0 spiro atoms. The summed E-state index contributed by atoms with van der Waals surface area (Å²) in [7, 11) is 0. The molecule has 0 heterocycles. The minimum absolute atomic E-state index is 0. The number of hydrogen-bond acceptors (Lipinski definition) is 1. The minimum Gasteiger partial charge on any atom is -0.512 e. The third-order valence-corrected chi connectivity index (χ3v) is 0.992. The van der Waals surface area contributed by atoms with Crippen LogP contribution in [0.1, 0.15) is 12.8 Å². The van der Waals surface area contributed by atoms with Crippen LogP contribution in [0.5, 0.6) is 0 Å². The van der Waals surface area contributed by atoms with E-state index in [9.17, 15) is 0 Å². The molecule has 0 radical (unpaired) electrons. The molecule has 0 unspecified atom stereocenters. The Bertz CT molecular complexity index is 118. The quantitative estimate of drug-likeness (QED) is 0.694. The maximum absolute atomic E-state index is 8.72. The molecule has 0 atom stereocenters. The number of aliphatic hydroxyl groups is 1.